The van der Waals surface area contributed by atoms with Crippen LogP contribution in [0.2, 0.25) is 0 Å². The average molecular weight is 223 g/mol. The molecule has 0 aromatic carbocycles. The fraction of sp³-hybridized carbons (Fsp3) is 1.00. The van der Waals surface area contributed by atoms with Gasteiger partial charge in [-0.2, -0.15) is 26.2 Å². The van der Waals surface area contributed by atoms with E-state index in [4.69, 9.17) is 22.9 Å². The van der Waals surface area contributed by atoms with Gasteiger partial charge < -0.3 is 22.9 Å². The summed E-state index contributed by atoms with van der Waals surface area (Å²) in [4.78, 5) is 0. The van der Waals surface area contributed by atoms with Gasteiger partial charge in [-0.15, -0.1) is 0 Å². The van der Waals surface area contributed by atoms with Crippen molar-refractivity contribution in [1.82, 2.24) is 0 Å². The second-order valence-electron chi connectivity index (χ2n) is 1.000. The molecular weight excluding hydrogens is 210 g/mol. The Labute approximate surface area is 70.0 Å². The van der Waals surface area contributed by atoms with Gasteiger partial charge in [0.25, 0.3) is 0 Å². The van der Waals surface area contributed by atoms with Crippen molar-refractivity contribution in [3.05, 3.63) is 22.9 Å². The van der Waals surface area contributed by atoms with Gasteiger partial charge in [0, 0.05) is 20.4 Å². The van der Waals surface area contributed by atoms with Crippen LogP contribution in [0.1, 0.15) is 0 Å². The van der Waals surface area contributed by atoms with Crippen LogP contribution in [0.5, 0.6) is 0 Å². The quantitative estimate of drug-likeness (QED) is 0.640. The molecule has 0 spiro atoms. The molecule has 0 atom stereocenters. The Hall–Kier alpha value is 0.502. The summed E-state index contributed by atoms with van der Waals surface area (Å²) in [5.74, 6) is 0. The largest absolute Gasteiger partial charge is 0.679 e. The Balaban J connectivity index is -0.0000000720. The van der Waals surface area contributed by atoms with Crippen LogP contribution in [0.15, 0.2) is 0 Å². The maximum atomic E-state index is 6.26. The zero-order valence-corrected chi connectivity index (χ0v) is 6.70. The van der Waals surface area contributed by atoms with E-state index in [9.17, 15) is 0 Å². The maximum absolute atomic E-state index is 6.26. The number of rotatable bonds is 2. The molecule has 0 bridgehead atoms. The van der Waals surface area contributed by atoms with Gasteiger partial charge in [0.15, 0.2) is 0 Å². The predicted molar refractivity (Wildman–Crippen MR) is 36.8 cm³/mol. The monoisotopic (exact) mass is 222 g/mol. The van der Waals surface area contributed by atoms with Gasteiger partial charge in [0.05, 0.1) is 0 Å². The van der Waals surface area contributed by atoms with Crippen molar-refractivity contribution in [2.45, 2.75) is 0 Å². The van der Waals surface area contributed by atoms with E-state index in [0.717, 1.165) is 0 Å². The van der Waals surface area contributed by atoms with Crippen LogP contribution in [0, 0.1) is 0 Å². The second-order valence-corrected chi connectivity index (χ2v) is 1.000. The maximum Gasteiger partial charge on any atom is 0 e. The Morgan fingerprint density at radius 2 is 0.667 bits per heavy atom. The summed E-state index contributed by atoms with van der Waals surface area (Å²) in [5.41, 5.74) is 25.1. The molecule has 0 aliphatic carbocycles. The summed E-state index contributed by atoms with van der Waals surface area (Å²) in [5, 5.41) is 0. The molecule has 4 N–H and O–H groups in total. The minimum Gasteiger partial charge on any atom is -0.679 e. The minimum absolute atomic E-state index is 0. The third kappa shape index (κ3) is 57.4. The van der Waals surface area contributed by atoms with Crippen molar-refractivity contribution >= 4 is 0 Å². The van der Waals surface area contributed by atoms with E-state index in [1.165, 1.54) is 0 Å². The van der Waals surface area contributed by atoms with E-state index in [1.54, 1.807) is 0 Å². The normalized spacial score (nSPS) is 6.67. The molecule has 0 radical (unpaired) electrons. The molecule has 0 aliphatic heterocycles. The van der Waals surface area contributed by atoms with Crippen molar-refractivity contribution in [3.63, 3.8) is 0 Å². The van der Waals surface area contributed by atoms with Crippen LogP contribution < -0.4 is 0 Å². The first-order valence-electron chi connectivity index (χ1n) is 2.41. The van der Waals surface area contributed by atoms with Crippen LogP contribution in [-0.4, -0.2) is 26.2 Å². The molecule has 0 aliphatic rings. The summed E-state index contributed by atoms with van der Waals surface area (Å²) in [6.45, 7) is 0.944. The van der Waals surface area contributed by atoms with Crippen LogP contribution in [-0.2, 0) is 20.4 Å². The van der Waals surface area contributed by atoms with Gasteiger partial charge >= 0.3 is 0 Å². The van der Waals surface area contributed by atoms with E-state index in [2.05, 4.69) is 0 Å². The van der Waals surface area contributed by atoms with Crippen LogP contribution in [0.25, 0.3) is 22.9 Å². The van der Waals surface area contributed by atoms with Gasteiger partial charge in [-0.05, 0) is 0 Å². The molecule has 0 aromatic heterocycles. The molecule has 0 heterocycles. The van der Waals surface area contributed by atoms with Gasteiger partial charge in [-0.1, -0.05) is 0 Å². The molecule has 0 aromatic rings. The van der Waals surface area contributed by atoms with Crippen molar-refractivity contribution in [2.24, 2.45) is 0 Å². The third-order valence-electron chi connectivity index (χ3n) is 0.250. The Morgan fingerprint density at radius 1 is 0.556 bits per heavy atom. The van der Waals surface area contributed by atoms with E-state index in [0.29, 0.717) is 0 Å². The SMILES string of the molecule is [NH-]CC[NH-].[NH-]CC[NH-].[Pd]. The molecule has 4 nitrogen and oxygen atoms in total. The average Bonchev–Trinajstić information content (AvgIpc) is 1.88. The third-order valence-corrected chi connectivity index (χ3v) is 0.250. The number of nitrogens with one attached hydrogen (secondary N) is 4. The molecule has 0 unspecified atom stereocenters. The Bertz CT molecular complexity index is 20.5. The van der Waals surface area contributed by atoms with Gasteiger partial charge in [0.2, 0.25) is 0 Å². The van der Waals surface area contributed by atoms with Crippen molar-refractivity contribution in [3.8, 4) is 0 Å². The van der Waals surface area contributed by atoms with E-state index in [-0.39, 0.29) is 46.6 Å². The van der Waals surface area contributed by atoms with Gasteiger partial charge in [-0.3, -0.25) is 0 Å². The molecule has 0 fully saturated rings. The summed E-state index contributed by atoms with van der Waals surface area (Å²) in [6, 6.07) is 0. The molecule has 9 heavy (non-hydrogen) atoms. The summed E-state index contributed by atoms with van der Waals surface area (Å²) in [7, 11) is 0. The summed E-state index contributed by atoms with van der Waals surface area (Å²) < 4.78 is 0. The molecule has 0 saturated heterocycles. The summed E-state index contributed by atoms with van der Waals surface area (Å²) >= 11 is 0. The minimum atomic E-state index is 0. The van der Waals surface area contributed by atoms with Gasteiger partial charge in [0.1, 0.15) is 0 Å². The summed E-state index contributed by atoms with van der Waals surface area (Å²) in [6.07, 6.45) is 0. The number of hydrogen-bond donors (Lipinski definition) is 0. The van der Waals surface area contributed by atoms with E-state index < -0.39 is 0 Å². The molecule has 5 heteroatoms. The first kappa shape index (κ1) is 16.2. The van der Waals surface area contributed by atoms with Crippen LogP contribution in [0.3, 0.4) is 0 Å². The zero-order valence-electron chi connectivity index (χ0n) is 5.14. The predicted octanol–water partition coefficient (Wildman–Crippen LogP) is 2.18. The Morgan fingerprint density at radius 3 is 0.667 bits per heavy atom. The molecule has 0 rings (SSSR count). The van der Waals surface area contributed by atoms with Gasteiger partial charge in [-0.25, -0.2) is 0 Å². The standard InChI is InChI=1S/2C2H6N2.Pd/c2*3-1-2-4;/h2*3-4H,1-2H2;/q2*-2;. The molecule has 62 valence electrons. The fourth-order valence-electron chi connectivity index (χ4n) is 0. The molecule has 0 amide bonds. The first-order valence-corrected chi connectivity index (χ1v) is 2.41. The topological polar surface area (TPSA) is 95.2 Å². The first-order chi connectivity index (χ1) is 3.83. The second kappa shape index (κ2) is 23.6. The van der Waals surface area contributed by atoms with E-state index >= 15 is 0 Å². The van der Waals surface area contributed by atoms with E-state index in [1.807, 2.05) is 0 Å². The molecule has 0 saturated carbocycles. The fourth-order valence-corrected chi connectivity index (χ4v) is 0. The van der Waals surface area contributed by atoms with Crippen LogP contribution in [0.4, 0.5) is 0 Å². The number of hydrogen-bond acceptors (Lipinski definition) is 0. The van der Waals surface area contributed by atoms with Crippen molar-refractivity contribution in [1.29, 1.82) is 0 Å². The zero-order chi connectivity index (χ0) is 6.83. The van der Waals surface area contributed by atoms with Crippen molar-refractivity contribution < 1.29 is 20.4 Å². The van der Waals surface area contributed by atoms with Crippen LogP contribution >= 0.6 is 0 Å². The smallest absolute Gasteiger partial charge is 0 e. The van der Waals surface area contributed by atoms with Crippen molar-refractivity contribution in [2.75, 3.05) is 26.2 Å². The molecular formula is C4H12N4Pd-4. The Kier molecular flexibility index (Phi) is 42.6.